The summed E-state index contributed by atoms with van der Waals surface area (Å²) in [7, 11) is -4.80. The molecule has 0 saturated carbocycles. The average molecular weight is 1990 g/mol. The number of halogens is 6. The molecule has 0 bridgehead atoms. The zero-order valence-corrected chi connectivity index (χ0v) is 78.4. The molecule has 5 aliphatic heterocycles. The van der Waals surface area contributed by atoms with Crippen LogP contribution in [0.5, 0.6) is 0 Å². The Hall–Kier alpha value is -7.53. The molecule has 3 atom stereocenters. The standard InChI is InChI=1S/C51H65Cl4N5O12S2.C24H33Cl2N3O5S.C10H8N2O8.CH4/c1-59-32-44(42-28-38(52)30-48(54)46(42)34-59)36-4-8-40(9-5-36)73(63,64)27-3-15-67-19-23-71-24-20-68-16-12-56-50(61)51(62)57-13-17-69-21-25-72-26-22-70-18-14-58-74(65,66)41-10-6-37(7-11-41)45-33-60(2)35-47-43(45)29-39(53)31-49(47)55;1-29-16-22(21-14-19(25)15-24(26)23(21)17-29)18-2-4-20(5-3-18)35(30,31)28-7-9-33-11-13-34-12-10-32-8-6-27;13-5-1-2-6(14)11(5)19-9(17)10(18)20-12-7(15)3-4-8(12)16;/h4-11,28-31,44-45,58H,3,12-27,32-35H2,1-2H3,(H,56,61)(H,57,62);2-5,14-15,22,28H,6-13,16-17,27H2,1H3;1-4H2;1H4. The first-order chi connectivity index (χ1) is 61.7. The van der Waals surface area contributed by atoms with Crippen molar-refractivity contribution in [1.29, 1.82) is 0 Å². The quantitative estimate of drug-likeness (QED) is 0.0139. The molecule has 6 aromatic rings. The molecule has 0 aliphatic carbocycles. The minimum Gasteiger partial charge on any atom is -0.379 e. The molecule has 5 aliphatic rings. The van der Waals surface area contributed by atoms with Crippen molar-refractivity contribution in [3.8, 4) is 0 Å². The molecule has 6 amide bonds. The molecule has 0 spiro atoms. The molecule has 35 nitrogen and oxygen atoms in total. The molecule has 2 saturated heterocycles. The normalized spacial score (nSPS) is 16.5. The van der Waals surface area contributed by atoms with Gasteiger partial charge in [-0.25, -0.2) is 44.3 Å². The van der Waals surface area contributed by atoms with Crippen molar-refractivity contribution in [3.63, 3.8) is 0 Å². The highest BCUT2D eigenvalue weighted by Crippen LogP contribution is 2.42. The Kier molecular flexibility index (Phi) is 44.9. The summed E-state index contributed by atoms with van der Waals surface area (Å²) >= 11 is 38.3. The van der Waals surface area contributed by atoms with Gasteiger partial charge < -0.3 is 83.4 Å². The first kappa shape index (κ1) is 108. The van der Waals surface area contributed by atoms with Crippen LogP contribution in [0.15, 0.2) is 124 Å². The van der Waals surface area contributed by atoms with E-state index in [1.807, 2.05) is 75.7 Å². The summed E-state index contributed by atoms with van der Waals surface area (Å²) in [6.07, 6.45) is -0.205. The molecule has 6 aromatic carbocycles. The monoisotopic (exact) mass is 1990 g/mol. The van der Waals surface area contributed by atoms with E-state index in [9.17, 15) is 63.6 Å². The zero-order valence-electron chi connectivity index (χ0n) is 71.4. The number of rotatable bonds is 46. The number of nitrogens with zero attached hydrogens (tertiary/aromatic N) is 5. The molecule has 11 rings (SSSR count). The minimum absolute atomic E-state index is 0. The van der Waals surface area contributed by atoms with Gasteiger partial charge in [0.15, 0.2) is 9.84 Å². The smallest absolute Gasteiger partial charge is 0.379 e. The molecule has 5 heterocycles. The number of benzene rings is 6. The number of sulfonamides is 2. The third-order valence-electron chi connectivity index (χ3n) is 20.4. The largest absolute Gasteiger partial charge is 0.444 e. The summed E-state index contributed by atoms with van der Waals surface area (Å²) in [5.74, 6) is -8.03. The number of amides is 6. The van der Waals surface area contributed by atoms with E-state index >= 15 is 0 Å². The van der Waals surface area contributed by atoms with Crippen LogP contribution in [0.2, 0.25) is 30.1 Å². The van der Waals surface area contributed by atoms with Crippen molar-refractivity contribution in [1.82, 2.24) is 44.9 Å². The highest BCUT2D eigenvalue weighted by atomic mass is 35.5. The summed E-state index contributed by atoms with van der Waals surface area (Å²) in [5.41, 5.74) is 14.6. The van der Waals surface area contributed by atoms with Crippen LogP contribution in [0.4, 0.5) is 0 Å². The topological polar surface area (TPSA) is 431 Å². The van der Waals surface area contributed by atoms with E-state index in [4.69, 9.17) is 118 Å². The summed E-state index contributed by atoms with van der Waals surface area (Å²) < 4.78 is 131. The minimum atomic E-state index is -3.75. The van der Waals surface area contributed by atoms with Gasteiger partial charge in [-0.3, -0.25) is 28.8 Å². The summed E-state index contributed by atoms with van der Waals surface area (Å²) in [6.45, 7) is 10.9. The van der Waals surface area contributed by atoms with Crippen molar-refractivity contribution in [2.45, 2.75) is 91.6 Å². The van der Waals surface area contributed by atoms with Crippen molar-refractivity contribution < 1.29 is 116 Å². The van der Waals surface area contributed by atoms with Crippen molar-refractivity contribution in [2.24, 2.45) is 5.73 Å². The molecule has 2 fully saturated rings. The summed E-state index contributed by atoms with van der Waals surface area (Å²) in [6, 6.07) is 31.9. The van der Waals surface area contributed by atoms with Crippen LogP contribution >= 0.6 is 69.6 Å². The van der Waals surface area contributed by atoms with Crippen molar-refractivity contribution in [3.05, 3.63) is 189 Å². The van der Waals surface area contributed by atoms with Crippen molar-refractivity contribution >= 4 is 147 Å². The molecule has 3 unspecified atom stereocenters. The number of hydrogen-bond acceptors (Lipinski definition) is 29. The Morgan fingerprint density at radius 2 is 0.646 bits per heavy atom. The number of hydroxylamine groups is 4. The van der Waals surface area contributed by atoms with Gasteiger partial charge in [0.2, 0.25) is 20.0 Å². The number of imide groups is 2. The fourth-order valence-corrected chi connectivity index (χ4v) is 19.1. The SMILES string of the molecule is C.CN1Cc2c(Cl)cc(Cl)cc2C(c2ccc(S(=O)(=O)CCCOCCOCCOCCNC(=O)C(=O)NCCOCCOCCOCCNS(=O)(=O)c3ccc(C4CN(C)Cc5c(Cl)cc(Cl)cc54)cc3)cc2)C1.CN1Cc2c(Cl)cc(Cl)cc2C(c2ccc(S(=O)(=O)NCCOCCOCCOCCN)cc2)C1.O=C(ON1C(=O)CCC1=O)C(=O)ON1C(=O)CCC1=O. The van der Waals surface area contributed by atoms with Gasteiger partial charge in [-0.15, -0.1) is 10.1 Å². The lowest BCUT2D eigenvalue weighted by Crippen LogP contribution is -2.42. The Balaban J connectivity index is 0.000000303. The molecular weight excluding hydrogens is 1880 g/mol. The Labute approximate surface area is 787 Å². The van der Waals surface area contributed by atoms with Gasteiger partial charge >= 0.3 is 23.8 Å². The van der Waals surface area contributed by atoms with Crippen LogP contribution in [-0.4, -0.2) is 296 Å². The van der Waals surface area contributed by atoms with E-state index in [1.165, 1.54) is 0 Å². The second-order valence-corrected chi connectivity index (χ2v) is 38.2. The van der Waals surface area contributed by atoms with Crippen LogP contribution in [0, 0.1) is 0 Å². The fourth-order valence-electron chi connectivity index (χ4n) is 14.1. The van der Waals surface area contributed by atoms with Crippen LogP contribution in [0.1, 0.15) is 107 Å². The van der Waals surface area contributed by atoms with Gasteiger partial charge in [-0.05, 0) is 150 Å². The molecule has 130 heavy (non-hydrogen) atoms. The average Bonchev–Trinajstić information content (AvgIpc) is 1.35. The number of nitrogens with one attached hydrogen (secondary N) is 4. The van der Waals surface area contributed by atoms with E-state index < -0.39 is 77.3 Å². The van der Waals surface area contributed by atoms with Crippen LogP contribution in [0.25, 0.3) is 0 Å². The maximum atomic E-state index is 13.0. The van der Waals surface area contributed by atoms with E-state index in [2.05, 4.69) is 44.5 Å². The number of hydrogen-bond donors (Lipinski definition) is 5. The number of carbonyl (C=O) groups excluding carboxylic acids is 8. The van der Waals surface area contributed by atoms with Crippen LogP contribution < -0.4 is 25.8 Å². The van der Waals surface area contributed by atoms with Crippen LogP contribution in [0.3, 0.4) is 0 Å². The van der Waals surface area contributed by atoms with Gasteiger partial charge in [-0.1, -0.05) is 113 Å². The lowest BCUT2D eigenvalue weighted by atomic mass is 9.85. The van der Waals surface area contributed by atoms with Crippen molar-refractivity contribution in [2.75, 3.05) is 198 Å². The maximum absolute atomic E-state index is 13.0. The van der Waals surface area contributed by atoms with Crippen LogP contribution in [-0.2, 0) is 140 Å². The maximum Gasteiger partial charge on any atom is 0.444 e. The van der Waals surface area contributed by atoms with E-state index in [0.29, 0.717) is 95.9 Å². The molecule has 6 N–H and O–H groups in total. The van der Waals surface area contributed by atoms with Gasteiger partial charge in [-0.2, -0.15) is 0 Å². The lowest BCUT2D eigenvalue weighted by Gasteiger charge is -2.33. The van der Waals surface area contributed by atoms with E-state index in [0.717, 1.165) is 82.8 Å². The number of fused-ring (bicyclic) bond motifs is 3. The fraction of sp³-hybridized carbons (Fsp3) is 0.488. The first-order valence-corrected chi connectivity index (χ1v) is 48.2. The molecule has 714 valence electrons. The number of carbonyl (C=O) groups is 8. The molecule has 44 heteroatoms. The first-order valence-electron chi connectivity index (χ1n) is 41.4. The molecular formula is C86H110Cl6N10O25S3. The highest BCUT2D eigenvalue weighted by molar-refractivity contribution is 7.91. The Bertz CT molecular complexity index is 4900. The molecule has 0 aromatic heterocycles. The summed E-state index contributed by atoms with van der Waals surface area (Å²) in [4.78, 5) is 107. The predicted molar refractivity (Wildman–Crippen MR) is 484 cm³/mol. The second-order valence-electron chi connectivity index (χ2n) is 30.0. The Morgan fingerprint density at radius 1 is 0.377 bits per heavy atom. The van der Waals surface area contributed by atoms with E-state index in [1.54, 1.807) is 54.6 Å². The predicted octanol–water partition coefficient (Wildman–Crippen LogP) is 7.62. The van der Waals surface area contributed by atoms with Gasteiger partial charge in [0.05, 0.1) is 133 Å². The second kappa shape index (κ2) is 54.1. The lowest BCUT2D eigenvalue weighted by molar-refractivity contribution is -0.215. The third kappa shape index (κ3) is 33.5. The number of sulfone groups is 1. The highest BCUT2D eigenvalue weighted by Gasteiger charge is 2.40. The van der Waals surface area contributed by atoms with Gasteiger partial charge in [0, 0.05) is 152 Å². The van der Waals surface area contributed by atoms with Gasteiger partial charge in [0.1, 0.15) is 0 Å². The number of ether oxygens (including phenoxy) is 9. The Morgan fingerprint density at radius 3 is 0.946 bits per heavy atom. The molecule has 0 radical (unpaired) electrons. The van der Waals surface area contributed by atoms with E-state index in [-0.39, 0.29) is 180 Å². The van der Waals surface area contributed by atoms with Gasteiger partial charge in [0.25, 0.3) is 23.6 Å². The number of likely N-dealkylation sites (N-methyl/N-ethyl adjacent to an activating group) is 3. The number of nitrogens with two attached hydrogens (primary N) is 1. The zero-order chi connectivity index (χ0) is 93.2. The third-order valence-corrected chi connectivity index (χ3v) is 26.8. The summed E-state index contributed by atoms with van der Waals surface area (Å²) in [5, 5.41) is 8.89.